The molecule has 0 aliphatic rings. The van der Waals surface area contributed by atoms with E-state index in [2.05, 4.69) is 5.32 Å². The Balaban J connectivity index is 2.44. The van der Waals surface area contributed by atoms with Crippen LogP contribution in [0.3, 0.4) is 0 Å². The third-order valence-electron chi connectivity index (χ3n) is 2.10. The van der Waals surface area contributed by atoms with Crippen LogP contribution < -0.4 is 10.1 Å². The van der Waals surface area contributed by atoms with Gasteiger partial charge in [0.2, 0.25) is 5.91 Å². The van der Waals surface area contributed by atoms with E-state index in [4.69, 9.17) is 9.47 Å². The van der Waals surface area contributed by atoms with Crippen molar-refractivity contribution in [2.45, 2.75) is 13.3 Å². The van der Waals surface area contributed by atoms with E-state index in [-0.39, 0.29) is 18.1 Å². The second-order valence-electron chi connectivity index (χ2n) is 3.79. The van der Waals surface area contributed by atoms with Gasteiger partial charge in [0.25, 0.3) is 0 Å². The Morgan fingerprint density at radius 2 is 1.83 bits per heavy atom. The van der Waals surface area contributed by atoms with Crippen molar-refractivity contribution >= 4 is 17.4 Å². The van der Waals surface area contributed by atoms with Crippen LogP contribution in [0, 0.1) is 0 Å². The number of hydrogen-bond donors (Lipinski definition) is 1. The van der Waals surface area contributed by atoms with Crippen molar-refractivity contribution in [1.29, 1.82) is 0 Å². The van der Waals surface area contributed by atoms with E-state index in [0.29, 0.717) is 24.7 Å². The number of Topliss-reactive ketones (excluding diaryl/α,β-unsaturated/α-hetero) is 1. The Bertz CT molecular complexity index is 400. The van der Waals surface area contributed by atoms with Gasteiger partial charge in [-0.15, -0.1) is 0 Å². The van der Waals surface area contributed by atoms with Crippen LogP contribution >= 0.6 is 0 Å². The van der Waals surface area contributed by atoms with Crippen LogP contribution in [0.1, 0.15) is 13.3 Å². The molecular formula is C13H17NO4. The molecule has 0 spiro atoms. The van der Waals surface area contributed by atoms with Gasteiger partial charge in [-0.3, -0.25) is 9.59 Å². The highest BCUT2D eigenvalue weighted by Crippen LogP contribution is 2.15. The van der Waals surface area contributed by atoms with Gasteiger partial charge < -0.3 is 14.8 Å². The molecular weight excluding hydrogens is 234 g/mol. The summed E-state index contributed by atoms with van der Waals surface area (Å²) in [6, 6.07) is 6.94. The Morgan fingerprint density at radius 3 is 2.39 bits per heavy atom. The molecule has 5 nitrogen and oxygen atoms in total. The Labute approximate surface area is 106 Å². The highest BCUT2D eigenvalue weighted by molar-refractivity contribution is 6.03. The zero-order valence-electron chi connectivity index (χ0n) is 10.6. The number of carbonyl (C=O) groups excluding carboxylic acids is 2. The first kappa shape index (κ1) is 14.2. The summed E-state index contributed by atoms with van der Waals surface area (Å²) < 4.78 is 10.2. The zero-order valence-corrected chi connectivity index (χ0v) is 10.6. The maximum absolute atomic E-state index is 11.3. The molecule has 0 radical (unpaired) electrons. The van der Waals surface area contributed by atoms with Gasteiger partial charge >= 0.3 is 0 Å². The molecule has 0 saturated carbocycles. The summed E-state index contributed by atoms with van der Waals surface area (Å²) >= 11 is 0. The van der Waals surface area contributed by atoms with Gasteiger partial charge in [-0.2, -0.15) is 0 Å². The fourth-order valence-electron chi connectivity index (χ4n) is 1.31. The molecule has 18 heavy (non-hydrogen) atoms. The molecule has 1 aromatic carbocycles. The lowest BCUT2D eigenvalue weighted by molar-refractivity contribution is -0.124. The summed E-state index contributed by atoms with van der Waals surface area (Å²) in [6.07, 6.45) is -0.105. The molecule has 1 aromatic rings. The highest BCUT2D eigenvalue weighted by Gasteiger charge is 2.05. The lowest BCUT2D eigenvalue weighted by Crippen LogP contribution is -2.14. The molecule has 1 amide bonds. The fourth-order valence-corrected chi connectivity index (χ4v) is 1.31. The maximum atomic E-state index is 11.3. The number of amides is 1. The third-order valence-corrected chi connectivity index (χ3v) is 2.10. The number of ether oxygens (including phenoxy) is 2. The van der Waals surface area contributed by atoms with Gasteiger partial charge in [-0.25, -0.2) is 0 Å². The first-order chi connectivity index (χ1) is 8.61. The summed E-state index contributed by atoms with van der Waals surface area (Å²) in [6.45, 7) is 2.38. The summed E-state index contributed by atoms with van der Waals surface area (Å²) in [5.41, 5.74) is 0.639. The van der Waals surface area contributed by atoms with Crippen molar-refractivity contribution < 1.29 is 19.1 Å². The predicted molar refractivity (Wildman–Crippen MR) is 67.7 cm³/mol. The van der Waals surface area contributed by atoms with Crippen LogP contribution in [0.15, 0.2) is 24.3 Å². The van der Waals surface area contributed by atoms with Crippen LogP contribution in [-0.2, 0) is 14.3 Å². The molecule has 0 saturated heterocycles. The first-order valence-electron chi connectivity index (χ1n) is 5.63. The van der Waals surface area contributed by atoms with Crippen molar-refractivity contribution in [2.75, 3.05) is 25.6 Å². The van der Waals surface area contributed by atoms with Gasteiger partial charge in [-0.1, -0.05) is 0 Å². The minimum absolute atomic E-state index is 0.105. The van der Waals surface area contributed by atoms with E-state index in [1.165, 1.54) is 6.92 Å². The largest absolute Gasteiger partial charge is 0.491 e. The van der Waals surface area contributed by atoms with E-state index in [0.717, 1.165) is 0 Å². The van der Waals surface area contributed by atoms with Crippen molar-refractivity contribution in [3.63, 3.8) is 0 Å². The van der Waals surface area contributed by atoms with Gasteiger partial charge in [-0.05, 0) is 31.2 Å². The van der Waals surface area contributed by atoms with Crippen LogP contribution in [0.25, 0.3) is 0 Å². The minimum Gasteiger partial charge on any atom is -0.491 e. The third kappa shape index (κ3) is 5.45. The summed E-state index contributed by atoms with van der Waals surface area (Å²) in [4.78, 5) is 22.1. The predicted octanol–water partition coefficient (Wildman–Crippen LogP) is 1.63. The molecule has 0 aliphatic heterocycles. The lowest BCUT2D eigenvalue weighted by atomic mass is 10.2. The zero-order chi connectivity index (χ0) is 13.4. The van der Waals surface area contributed by atoms with Gasteiger partial charge in [0.15, 0.2) is 0 Å². The molecule has 0 bridgehead atoms. The molecule has 0 heterocycles. The second kappa shape index (κ2) is 7.45. The van der Waals surface area contributed by atoms with Crippen molar-refractivity contribution in [3.05, 3.63) is 24.3 Å². The molecule has 0 aliphatic carbocycles. The average Bonchev–Trinajstić information content (AvgIpc) is 2.30. The van der Waals surface area contributed by atoms with E-state index in [1.807, 2.05) is 0 Å². The molecule has 0 unspecified atom stereocenters. The van der Waals surface area contributed by atoms with Crippen LogP contribution in [0.5, 0.6) is 5.75 Å². The van der Waals surface area contributed by atoms with E-state index >= 15 is 0 Å². The lowest BCUT2D eigenvalue weighted by Gasteiger charge is -2.07. The quantitative estimate of drug-likeness (QED) is 0.591. The number of methoxy groups -OCH3 is 1. The second-order valence-corrected chi connectivity index (χ2v) is 3.79. The first-order valence-corrected chi connectivity index (χ1v) is 5.63. The van der Waals surface area contributed by atoms with Crippen LogP contribution in [0.4, 0.5) is 5.69 Å². The normalized spacial score (nSPS) is 9.89. The summed E-state index contributed by atoms with van der Waals surface area (Å²) in [7, 11) is 1.61. The highest BCUT2D eigenvalue weighted by atomic mass is 16.5. The SMILES string of the molecule is COCCOc1ccc(NC(=O)CC(C)=O)cc1. The maximum Gasteiger partial charge on any atom is 0.231 e. The molecule has 5 heteroatoms. The van der Waals surface area contributed by atoms with E-state index in [1.54, 1.807) is 31.4 Å². The Morgan fingerprint density at radius 1 is 1.17 bits per heavy atom. The monoisotopic (exact) mass is 251 g/mol. The number of nitrogens with one attached hydrogen (secondary N) is 1. The average molecular weight is 251 g/mol. The fraction of sp³-hybridized carbons (Fsp3) is 0.385. The number of benzene rings is 1. The molecule has 0 aromatic heterocycles. The van der Waals surface area contributed by atoms with E-state index in [9.17, 15) is 9.59 Å². The van der Waals surface area contributed by atoms with Crippen molar-refractivity contribution in [2.24, 2.45) is 0 Å². The minimum atomic E-state index is -0.310. The summed E-state index contributed by atoms with van der Waals surface area (Å²) in [5.74, 6) is 0.235. The van der Waals surface area contributed by atoms with Crippen molar-refractivity contribution in [3.8, 4) is 5.75 Å². The van der Waals surface area contributed by atoms with E-state index < -0.39 is 0 Å². The smallest absolute Gasteiger partial charge is 0.231 e. The van der Waals surface area contributed by atoms with Gasteiger partial charge in [0.05, 0.1) is 13.0 Å². The number of ketones is 1. The van der Waals surface area contributed by atoms with Crippen LogP contribution in [-0.4, -0.2) is 32.0 Å². The number of rotatable bonds is 7. The van der Waals surface area contributed by atoms with Crippen molar-refractivity contribution in [1.82, 2.24) is 0 Å². The Kier molecular flexibility index (Phi) is 5.87. The molecule has 98 valence electrons. The van der Waals surface area contributed by atoms with Gasteiger partial charge in [0, 0.05) is 12.8 Å². The number of hydrogen-bond acceptors (Lipinski definition) is 4. The number of carbonyl (C=O) groups is 2. The topological polar surface area (TPSA) is 64.6 Å². The van der Waals surface area contributed by atoms with Crippen LogP contribution in [0.2, 0.25) is 0 Å². The van der Waals surface area contributed by atoms with Gasteiger partial charge in [0.1, 0.15) is 18.1 Å². The Hall–Kier alpha value is -1.88. The molecule has 1 rings (SSSR count). The standard InChI is InChI=1S/C13H17NO4/c1-10(15)9-13(16)14-11-3-5-12(6-4-11)18-8-7-17-2/h3-6H,7-9H2,1-2H3,(H,14,16). The molecule has 0 fully saturated rings. The molecule has 0 atom stereocenters. The molecule has 1 N–H and O–H groups in total. The summed E-state index contributed by atoms with van der Waals surface area (Å²) in [5, 5.41) is 2.63. The number of anilines is 1.